The Hall–Kier alpha value is -3.42. The van der Waals surface area contributed by atoms with Gasteiger partial charge in [-0.2, -0.15) is 9.57 Å². The molecule has 0 radical (unpaired) electrons. The minimum atomic E-state index is -3.69. The maximum atomic E-state index is 13.1. The highest BCUT2D eigenvalue weighted by Crippen LogP contribution is 2.32. The number of hydrogen-bond acceptors (Lipinski definition) is 6. The number of primary amides is 1. The fourth-order valence-corrected chi connectivity index (χ4v) is 5.94. The minimum Gasteiger partial charge on any atom is -0.370 e. The molecule has 2 saturated heterocycles. The van der Waals surface area contributed by atoms with Gasteiger partial charge in [-0.1, -0.05) is 0 Å². The van der Waals surface area contributed by atoms with Gasteiger partial charge < -0.3 is 16.0 Å². The molecule has 2 aromatic carbocycles. The van der Waals surface area contributed by atoms with E-state index in [1.54, 1.807) is 12.1 Å². The first kappa shape index (κ1) is 23.7. The summed E-state index contributed by atoms with van der Waals surface area (Å²) in [7, 11) is -3.69. The van der Waals surface area contributed by atoms with Crippen LogP contribution in [0.4, 0.5) is 11.4 Å². The zero-order chi connectivity index (χ0) is 24.3. The third-order valence-corrected chi connectivity index (χ3v) is 8.34. The van der Waals surface area contributed by atoms with E-state index >= 15 is 0 Å². The molecule has 2 fully saturated rings. The molecule has 178 valence electrons. The van der Waals surface area contributed by atoms with Crippen LogP contribution in [-0.4, -0.2) is 50.7 Å². The van der Waals surface area contributed by atoms with Crippen LogP contribution in [0, 0.1) is 17.2 Å². The number of anilines is 2. The lowest BCUT2D eigenvalue weighted by atomic mass is 9.97. The lowest BCUT2D eigenvalue weighted by Crippen LogP contribution is -2.41. The predicted molar refractivity (Wildman–Crippen MR) is 128 cm³/mol. The van der Waals surface area contributed by atoms with E-state index in [1.807, 2.05) is 12.1 Å². The van der Waals surface area contributed by atoms with Gasteiger partial charge in [-0.15, -0.1) is 0 Å². The quantitative estimate of drug-likeness (QED) is 0.650. The Kier molecular flexibility index (Phi) is 6.86. The molecule has 9 nitrogen and oxygen atoms in total. The molecule has 10 heteroatoms. The summed E-state index contributed by atoms with van der Waals surface area (Å²) in [6, 6.07) is 12.9. The molecule has 34 heavy (non-hydrogen) atoms. The van der Waals surface area contributed by atoms with Crippen molar-refractivity contribution in [1.29, 1.82) is 5.26 Å². The third-order valence-electron chi connectivity index (χ3n) is 6.43. The van der Waals surface area contributed by atoms with E-state index in [4.69, 9.17) is 11.0 Å². The van der Waals surface area contributed by atoms with Crippen molar-refractivity contribution in [3.8, 4) is 6.07 Å². The second-order valence-electron chi connectivity index (χ2n) is 8.59. The number of piperidine rings is 1. The number of carbonyl (C=O) groups is 2. The maximum Gasteiger partial charge on any atom is 0.248 e. The summed E-state index contributed by atoms with van der Waals surface area (Å²) in [5.74, 6) is -1.11. The fourth-order valence-electron chi connectivity index (χ4n) is 4.47. The van der Waals surface area contributed by atoms with Gasteiger partial charge in [0.1, 0.15) is 0 Å². The van der Waals surface area contributed by atoms with Gasteiger partial charge in [0.2, 0.25) is 21.8 Å². The van der Waals surface area contributed by atoms with E-state index in [0.29, 0.717) is 29.7 Å². The molecule has 2 heterocycles. The number of amides is 2. The molecule has 2 aliphatic rings. The van der Waals surface area contributed by atoms with Crippen LogP contribution in [0.15, 0.2) is 47.4 Å². The molecule has 0 bridgehead atoms. The van der Waals surface area contributed by atoms with Gasteiger partial charge in [-0.3, -0.25) is 9.59 Å². The van der Waals surface area contributed by atoms with Crippen molar-refractivity contribution < 1.29 is 18.0 Å². The SMILES string of the molecule is N#Cc1ccc(S(=O)(=O)N2CCC(C(=O)Nc3cc(C(N)=O)ccc3N3CCCC3)CC2)cc1. The van der Waals surface area contributed by atoms with Crippen LogP contribution in [0.25, 0.3) is 0 Å². The molecule has 0 saturated carbocycles. The predicted octanol–water partition coefficient (Wildman–Crippen LogP) is 2.30. The molecule has 0 aromatic heterocycles. The van der Waals surface area contributed by atoms with Crippen molar-refractivity contribution in [1.82, 2.24) is 4.31 Å². The largest absolute Gasteiger partial charge is 0.370 e. The first-order chi connectivity index (χ1) is 16.3. The number of carbonyl (C=O) groups excluding carboxylic acids is 2. The zero-order valence-electron chi connectivity index (χ0n) is 18.7. The summed E-state index contributed by atoms with van der Waals surface area (Å²) in [6.45, 7) is 2.20. The van der Waals surface area contributed by atoms with E-state index < -0.39 is 15.9 Å². The number of sulfonamides is 1. The number of hydrogen-bond donors (Lipinski definition) is 2. The maximum absolute atomic E-state index is 13.1. The van der Waals surface area contributed by atoms with Crippen LogP contribution in [0.3, 0.4) is 0 Å². The Morgan fingerprint density at radius 1 is 1.00 bits per heavy atom. The van der Waals surface area contributed by atoms with Crippen LogP contribution >= 0.6 is 0 Å². The summed E-state index contributed by atoms with van der Waals surface area (Å²) >= 11 is 0. The second-order valence-corrected chi connectivity index (χ2v) is 10.5. The molecule has 0 aliphatic carbocycles. The first-order valence-corrected chi connectivity index (χ1v) is 12.7. The summed E-state index contributed by atoms with van der Waals surface area (Å²) in [6.07, 6.45) is 2.90. The van der Waals surface area contributed by atoms with Gasteiger partial charge in [0, 0.05) is 37.7 Å². The topological polar surface area (TPSA) is 137 Å². The van der Waals surface area contributed by atoms with Crippen molar-refractivity contribution in [2.24, 2.45) is 11.7 Å². The normalized spacial score (nSPS) is 17.3. The average molecular weight is 482 g/mol. The number of benzene rings is 2. The summed E-state index contributed by atoms with van der Waals surface area (Å²) < 4.78 is 27.3. The van der Waals surface area contributed by atoms with Crippen LogP contribution in [0.2, 0.25) is 0 Å². The molecule has 0 spiro atoms. The number of rotatable bonds is 6. The highest BCUT2D eigenvalue weighted by molar-refractivity contribution is 7.89. The standard InChI is InChI=1S/C24H27N5O4S/c25-16-17-3-6-20(7-4-17)34(32,33)29-13-9-18(10-14-29)24(31)27-21-15-19(23(26)30)5-8-22(21)28-11-1-2-12-28/h3-8,15,18H,1-2,9-14H2,(H2,26,30)(H,27,31). The fraction of sp³-hybridized carbons (Fsp3) is 0.375. The summed E-state index contributed by atoms with van der Waals surface area (Å²) in [4.78, 5) is 27.0. The highest BCUT2D eigenvalue weighted by Gasteiger charge is 2.32. The molecule has 2 aliphatic heterocycles. The van der Waals surface area contributed by atoms with Crippen LogP contribution in [0.5, 0.6) is 0 Å². The highest BCUT2D eigenvalue weighted by atomic mass is 32.2. The number of nitrogens with two attached hydrogens (primary N) is 1. The Morgan fingerprint density at radius 3 is 2.24 bits per heavy atom. The Bertz CT molecular complexity index is 1220. The van der Waals surface area contributed by atoms with Crippen molar-refractivity contribution in [3.63, 3.8) is 0 Å². The van der Waals surface area contributed by atoms with Crippen LogP contribution < -0.4 is 16.0 Å². The van der Waals surface area contributed by atoms with Gasteiger partial charge in [0.25, 0.3) is 0 Å². The van der Waals surface area contributed by atoms with E-state index in [9.17, 15) is 18.0 Å². The van der Waals surface area contributed by atoms with E-state index in [2.05, 4.69) is 10.2 Å². The van der Waals surface area contributed by atoms with Gasteiger partial charge in [0.15, 0.2) is 0 Å². The number of nitriles is 1. The van der Waals surface area contributed by atoms with Crippen molar-refractivity contribution >= 4 is 33.2 Å². The molecule has 2 aromatic rings. The van der Waals surface area contributed by atoms with Gasteiger partial charge in [-0.05, 0) is 68.1 Å². The van der Waals surface area contributed by atoms with Crippen LogP contribution in [-0.2, 0) is 14.8 Å². The monoisotopic (exact) mass is 481 g/mol. The van der Waals surface area contributed by atoms with E-state index in [-0.39, 0.29) is 29.8 Å². The van der Waals surface area contributed by atoms with Crippen molar-refractivity contribution in [3.05, 3.63) is 53.6 Å². The first-order valence-electron chi connectivity index (χ1n) is 11.3. The average Bonchev–Trinajstić information content (AvgIpc) is 3.39. The number of nitrogens with one attached hydrogen (secondary N) is 1. The minimum absolute atomic E-state index is 0.132. The van der Waals surface area contributed by atoms with Gasteiger partial charge >= 0.3 is 0 Å². The smallest absolute Gasteiger partial charge is 0.248 e. The lowest BCUT2D eigenvalue weighted by molar-refractivity contribution is -0.120. The molecule has 2 amide bonds. The number of nitrogens with zero attached hydrogens (tertiary/aromatic N) is 3. The van der Waals surface area contributed by atoms with E-state index in [0.717, 1.165) is 31.6 Å². The molecule has 0 atom stereocenters. The molecule has 4 rings (SSSR count). The molecular weight excluding hydrogens is 454 g/mol. The Labute approximate surface area is 199 Å². The summed E-state index contributed by atoms with van der Waals surface area (Å²) in [5, 5.41) is 11.9. The van der Waals surface area contributed by atoms with Crippen molar-refractivity contribution in [2.45, 2.75) is 30.6 Å². The molecule has 0 unspecified atom stereocenters. The van der Waals surface area contributed by atoms with E-state index in [1.165, 1.54) is 28.6 Å². The third kappa shape index (κ3) is 4.90. The van der Waals surface area contributed by atoms with Gasteiger partial charge in [0.05, 0.1) is 27.9 Å². The Morgan fingerprint density at radius 2 is 1.65 bits per heavy atom. The van der Waals surface area contributed by atoms with Gasteiger partial charge in [-0.25, -0.2) is 8.42 Å². The molecular formula is C24H27N5O4S. The zero-order valence-corrected chi connectivity index (χ0v) is 19.6. The van der Waals surface area contributed by atoms with Crippen LogP contribution in [0.1, 0.15) is 41.6 Å². The Balaban J connectivity index is 1.44. The van der Waals surface area contributed by atoms with Crippen molar-refractivity contribution in [2.75, 3.05) is 36.4 Å². The lowest BCUT2D eigenvalue weighted by Gasteiger charge is -2.31. The summed E-state index contributed by atoms with van der Waals surface area (Å²) in [5.41, 5.74) is 7.56. The molecule has 3 N–H and O–H groups in total. The second kappa shape index (κ2) is 9.83.